The van der Waals surface area contributed by atoms with Gasteiger partial charge in [-0.2, -0.15) is 0 Å². The number of ketones is 1. The van der Waals surface area contributed by atoms with Gasteiger partial charge in [-0.15, -0.1) is 0 Å². The molecule has 0 atom stereocenters. The molecule has 0 amide bonds. The van der Waals surface area contributed by atoms with Gasteiger partial charge in [0, 0.05) is 5.56 Å². The smallest absolute Gasteiger partial charge is 0.197 e. The van der Waals surface area contributed by atoms with Crippen LogP contribution in [0.25, 0.3) is 0 Å². The lowest BCUT2D eigenvalue weighted by molar-refractivity contribution is 0.103. The molecule has 5 nitrogen and oxygen atoms in total. The van der Waals surface area contributed by atoms with Gasteiger partial charge in [-0.1, -0.05) is 6.07 Å². The molecule has 0 heterocycles. The van der Waals surface area contributed by atoms with E-state index in [1.807, 2.05) is 0 Å². The molecule has 116 valence electrons. The van der Waals surface area contributed by atoms with Gasteiger partial charge in [0.25, 0.3) is 0 Å². The Morgan fingerprint density at radius 2 is 1.64 bits per heavy atom. The highest BCUT2D eigenvalue weighted by Crippen LogP contribution is 2.36. The molecule has 2 aromatic rings. The fourth-order valence-electron chi connectivity index (χ4n) is 2.24. The first kappa shape index (κ1) is 15.7. The molecule has 0 fully saturated rings. The maximum Gasteiger partial charge on any atom is 0.197 e. The quantitative estimate of drug-likeness (QED) is 0.849. The molecule has 22 heavy (non-hydrogen) atoms. The maximum atomic E-state index is 12.7. The predicted molar refractivity (Wildman–Crippen MR) is 82.2 cm³/mol. The molecule has 0 saturated carbocycles. The van der Waals surface area contributed by atoms with Crippen molar-refractivity contribution in [1.29, 1.82) is 0 Å². The lowest BCUT2D eigenvalue weighted by atomic mass is 9.98. The number of rotatable bonds is 4. The van der Waals surface area contributed by atoms with E-state index in [0.717, 1.165) is 0 Å². The molecule has 0 aliphatic carbocycles. The second-order valence-corrected chi connectivity index (χ2v) is 4.99. The summed E-state index contributed by atoms with van der Waals surface area (Å²) < 4.78 is 10.2. The standard InChI is InChI=1S/C17H18O5/c1-9-5-6-12(17(22-4)15(9)19)16(20)11-7-10(2)14(18)13(8-11)21-3/h5-8,18-19H,1-4H3. The SMILES string of the molecule is COc1cc(C(=O)c2ccc(C)c(O)c2OC)cc(C)c1O. The monoisotopic (exact) mass is 302 g/mol. The highest BCUT2D eigenvalue weighted by molar-refractivity contribution is 6.11. The Hall–Kier alpha value is -2.69. The summed E-state index contributed by atoms with van der Waals surface area (Å²) in [5.41, 5.74) is 1.73. The summed E-state index contributed by atoms with van der Waals surface area (Å²) in [6.45, 7) is 3.40. The van der Waals surface area contributed by atoms with E-state index in [0.29, 0.717) is 16.7 Å². The number of phenols is 2. The third-order valence-electron chi connectivity index (χ3n) is 3.53. The van der Waals surface area contributed by atoms with Gasteiger partial charge in [-0.3, -0.25) is 4.79 Å². The number of phenolic OH excluding ortho intramolecular Hbond substituents is 2. The third-order valence-corrected chi connectivity index (χ3v) is 3.53. The zero-order chi connectivity index (χ0) is 16.4. The van der Waals surface area contributed by atoms with Gasteiger partial charge in [0.05, 0.1) is 19.8 Å². The lowest BCUT2D eigenvalue weighted by Gasteiger charge is -2.13. The number of aromatic hydroxyl groups is 2. The predicted octanol–water partition coefficient (Wildman–Crippen LogP) is 2.96. The molecule has 0 saturated heterocycles. The van der Waals surface area contributed by atoms with E-state index < -0.39 is 0 Å². The summed E-state index contributed by atoms with van der Waals surface area (Å²) in [5.74, 6) is -0.0320. The first-order valence-electron chi connectivity index (χ1n) is 6.69. The van der Waals surface area contributed by atoms with Crippen LogP contribution in [0.3, 0.4) is 0 Å². The number of benzene rings is 2. The average Bonchev–Trinajstić information content (AvgIpc) is 2.51. The number of aryl methyl sites for hydroxylation is 2. The number of methoxy groups -OCH3 is 2. The summed E-state index contributed by atoms with van der Waals surface area (Å²) in [4.78, 5) is 12.7. The Balaban J connectivity index is 2.58. The molecule has 5 heteroatoms. The van der Waals surface area contributed by atoms with Crippen LogP contribution >= 0.6 is 0 Å². The van der Waals surface area contributed by atoms with Crippen LogP contribution in [-0.4, -0.2) is 30.2 Å². The van der Waals surface area contributed by atoms with E-state index in [4.69, 9.17) is 9.47 Å². The summed E-state index contributed by atoms with van der Waals surface area (Å²) in [7, 11) is 2.81. The zero-order valence-corrected chi connectivity index (χ0v) is 12.9. The summed E-state index contributed by atoms with van der Waals surface area (Å²) in [6, 6.07) is 6.28. The van der Waals surface area contributed by atoms with E-state index >= 15 is 0 Å². The van der Waals surface area contributed by atoms with Crippen molar-refractivity contribution >= 4 is 5.78 Å². The molecular formula is C17H18O5. The van der Waals surface area contributed by atoms with Crippen LogP contribution in [0.15, 0.2) is 24.3 Å². The fraction of sp³-hybridized carbons (Fsp3) is 0.235. The van der Waals surface area contributed by atoms with Gasteiger partial charge in [-0.25, -0.2) is 0 Å². The van der Waals surface area contributed by atoms with Crippen LogP contribution in [-0.2, 0) is 0 Å². The molecule has 2 rings (SSSR count). The second-order valence-electron chi connectivity index (χ2n) is 4.99. The number of carbonyl (C=O) groups is 1. The van der Waals surface area contributed by atoms with Gasteiger partial charge in [0.1, 0.15) is 0 Å². The second kappa shape index (κ2) is 5.97. The number of hydrogen-bond acceptors (Lipinski definition) is 5. The van der Waals surface area contributed by atoms with Gasteiger partial charge in [-0.05, 0) is 43.2 Å². The summed E-state index contributed by atoms with van der Waals surface area (Å²) >= 11 is 0. The van der Waals surface area contributed by atoms with Gasteiger partial charge >= 0.3 is 0 Å². The minimum Gasteiger partial charge on any atom is -0.504 e. The first-order valence-corrected chi connectivity index (χ1v) is 6.69. The van der Waals surface area contributed by atoms with Crippen molar-refractivity contribution in [1.82, 2.24) is 0 Å². The van der Waals surface area contributed by atoms with Crippen molar-refractivity contribution < 1.29 is 24.5 Å². The molecule has 2 N–H and O–H groups in total. The van der Waals surface area contributed by atoms with E-state index in [9.17, 15) is 15.0 Å². The highest BCUT2D eigenvalue weighted by atomic mass is 16.5. The van der Waals surface area contributed by atoms with E-state index in [2.05, 4.69) is 0 Å². The van der Waals surface area contributed by atoms with Gasteiger partial charge in [0.2, 0.25) is 0 Å². The van der Waals surface area contributed by atoms with E-state index in [-0.39, 0.29) is 34.3 Å². The third kappa shape index (κ3) is 2.57. The molecule has 0 radical (unpaired) electrons. The normalized spacial score (nSPS) is 10.4. The van der Waals surface area contributed by atoms with Crippen LogP contribution in [0.5, 0.6) is 23.0 Å². The lowest BCUT2D eigenvalue weighted by Crippen LogP contribution is -2.05. The molecule has 0 spiro atoms. The average molecular weight is 302 g/mol. The molecule has 0 aliphatic rings. The van der Waals surface area contributed by atoms with Gasteiger partial charge < -0.3 is 19.7 Å². The summed E-state index contributed by atoms with van der Waals surface area (Å²) in [5, 5.41) is 19.9. The van der Waals surface area contributed by atoms with Crippen LogP contribution in [0.2, 0.25) is 0 Å². The van der Waals surface area contributed by atoms with E-state index in [1.54, 1.807) is 32.0 Å². The largest absolute Gasteiger partial charge is 0.504 e. The topological polar surface area (TPSA) is 76.0 Å². The van der Waals surface area contributed by atoms with Crippen LogP contribution in [0.1, 0.15) is 27.0 Å². The van der Waals surface area contributed by atoms with Crippen LogP contribution in [0.4, 0.5) is 0 Å². The minimum absolute atomic E-state index is 0.00207. The van der Waals surface area contributed by atoms with Crippen molar-refractivity contribution in [3.05, 3.63) is 46.5 Å². The molecular weight excluding hydrogens is 284 g/mol. The van der Waals surface area contributed by atoms with Crippen molar-refractivity contribution in [2.75, 3.05) is 14.2 Å². The molecule has 0 aliphatic heterocycles. The molecule has 0 unspecified atom stereocenters. The van der Waals surface area contributed by atoms with Crippen molar-refractivity contribution in [2.45, 2.75) is 13.8 Å². The van der Waals surface area contributed by atoms with Crippen LogP contribution in [0, 0.1) is 13.8 Å². The van der Waals surface area contributed by atoms with Crippen molar-refractivity contribution in [3.8, 4) is 23.0 Å². The Bertz CT molecular complexity index is 734. The Kier molecular flexibility index (Phi) is 4.26. The van der Waals surface area contributed by atoms with Crippen molar-refractivity contribution in [2.24, 2.45) is 0 Å². The molecule has 0 bridgehead atoms. The van der Waals surface area contributed by atoms with Crippen LogP contribution < -0.4 is 9.47 Å². The fourth-order valence-corrected chi connectivity index (χ4v) is 2.24. The van der Waals surface area contributed by atoms with Crippen molar-refractivity contribution in [3.63, 3.8) is 0 Å². The Labute approximate surface area is 128 Å². The van der Waals surface area contributed by atoms with E-state index in [1.165, 1.54) is 20.3 Å². The highest BCUT2D eigenvalue weighted by Gasteiger charge is 2.20. The van der Waals surface area contributed by atoms with Gasteiger partial charge in [0.15, 0.2) is 28.8 Å². The molecule has 2 aromatic carbocycles. The number of ether oxygens (including phenoxy) is 2. The zero-order valence-electron chi connectivity index (χ0n) is 12.9. The molecule has 0 aromatic heterocycles. The minimum atomic E-state index is -0.325. The number of hydrogen-bond donors (Lipinski definition) is 2. The maximum absolute atomic E-state index is 12.7. The first-order chi connectivity index (χ1) is 10.4. The Morgan fingerprint density at radius 3 is 2.23 bits per heavy atom. The Morgan fingerprint density at radius 1 is 0.955 bits per heavy atom. The summed E-state index contributed by atoms with van der Waals surface area (Å²) in [6.07, 6.45) is 0. The number of carbonyl (C=O) groups excluding carboxylic acids is 1.